The van der Waals surface area contributed by atoms with Gasteiger partial charge in [-0.15, -0.1) is 0 Å². The largest absolute Gasteiger partial charge is 0.310 e. The summed E-state index contributed by atoms with van der Waals surface area (Å²) < 4.78 is 2.03. The molecule has 0 saturated heterocycles. The number of thioether (sulfide) groups is 1. The van der Waals surface area contributed by atoms with E-state index in [1.807, 2.05) is 22.6 Å². The van der Waals surface area contributed by atoms with Gasteiger partial charge >= 0.3 is 0 Å². The van der Waals surface area contributed by atoms with Crippen molar-refractivity contribution in [1.82, 2.24) is 15.1 Å². The van der Waals surface area contributed by atoms with Crippen LogP contribution in [0.3, 0.4) is 0 Å². The molecule has 4 heteroatoms. The first-order chi connectivity index (χ1) is 6.88. The van der Waals surface area contributed by atoms with Crippen molar-refractivity contribution in [2.45, 2.75) is 32.0 Å². The molecular weight excluding hydrogens is 194 g/mol. The molecule has 78 valence electrons. The first-order valence-corrected chi connectivity index (χ1v) is 6.51. The summed E-state index contributed by atoms with van der Waals surface area (Å²) in [6.07, 6.45) is 8.93. The Labute approximate surface area is 89.3 Å². The maximum absolute atomic E-state index is 4.32. The highest BCUT2D eigenvalue weighted by atomic mass is 32.2. The predicted molar refractivity (Wildman–Crippen MR) is 60.5 cm³/mol. The molecule has 1 aromatic rings. The highest BCUT2D eigenvalue weighted by molar-refractivity contribution is 7.98. The van der Waals surface area contributed by atoms with Gasteiger partial charge in [-0.2, -0.15) is 16.9 Å². The molecule has 14 heavy (non-hydrogen) atoms. The third kappa shape index (κ3) is 3.03. The zero-order valence-corrected chi connectivity index (χ0v) is 9.39. The van der Waals surface area contributed by atoms with Crippen molar-refractivity contribution in [2.24, 2.45) is 0 Å². The van der Waals surface area contributed by atoms with Crippen LogP contribution < -0.4 is 5.32 Å². The van der Waals surface area contributed by atoms with Gasteiger partial charge in [-0.05, 0) is 19.1 Å². The average Bonchev–Trinajstić information content (AvgIpc) is 2.92. The fourth-order valence-corrected chi connectivity index (χ4v) is 1.72. The zero-order chi connectivity index (χ0) is 9.80. The molecule has 1 fully saturated rings. The molecule has 0 aliphatic heterocycles. The lowest BCUT2D eigenvalue weighted by Gasteiger charge is -1.99. The van der Waals surface area contributed by atoms with Gasteiger partial charge in [0.1, 0.15) is 0 Å². The van der Waals surface area contributed by atoms with Crippen LogP contribution in [0.2, 0.25) is 0 Å². The molecule has 1 aliphatic rings. The Hall–Kier alpha value is -0.480. The van der Waals surface area contributed by atoms with Gasteiger partial charge in [-0.3, -0.25) is 4.68 Å². The lowest BCUT2D eigenvalue weighted by Crippen LogP contribution is -2.14. The highest BCUT2D eigenvalue weighted by Crippen LogP contribution is 2.19. The molecule has 0 aromatic carbocycles. The molecular formula is C10H17N3S. The number of nitrogens with one attached hydrogen (secondary N) is 1. The third-order valence-electron chi connectivity index (χ3n) is 2.38. The molecule has 0 bridgehead atoms. The smallest absolute Gasteiger partial charge is 0.0534 e. The van der Waals surface area contributed by atoms with E-state index in [0.29, 0.717) is 0 Å². The van der Waals surface area contributed by atoms with Gasteiger partial charge in [0.25, 0.3) is 0 Å². The van der Waals surface area contributed by atoms with E-state index in [2.05, 4.69) is 22.9 Å². The van der Waals surface area contributed by atoms with E-state index in [-0.39, 0.29) is 0 Å². The van der Waals surface area contributed by atoms with Crippen LogP contribution in [-0.4, -0.2) is 27.8 Å². The van der Waals surface area contributed by atoms with Crippen molar-refractivity contribution >= 4 is 11.8 Å². The van der Waals surface area contributed by atoms with Crippen molar-refractivity contribution in [1.29, 1.82) is 0 Å². The lowest BCUT2D eigenvalue weighted by molar-refractivity contribution is 0.661. The van der Waals surface area contributed by atoms with Gasteiger partial charge < -0.3 is 5.32 Å². The predicted octanol–water partition coefficient (Wildman–Crippen LogP) is 1.50. The van der Waals surface area contributed by atoms with Crippen molar-refractivity contribution in [3.05, 3.63) is 18.0 Å². The Balaban J connectivity index is 1.76. The monoisotopic (exact) mass is 211 g/mol. The molecule has 1 N–H and O–H groups in total. The minimum Gasteiger partial charge on any atom is -0.310 e. The van der Waals surface area contributed by atoms with Crippen LogP contribution in [0.5, 0.6) is 0 Å². The quantitative estimate of drug-likeness (QED) is 0.773. The van der Waals surface area contributed by atoms with Crippen LogP contribution in [0.4, 0.5) is 0 Å². The van der Waals surface area contributed by atoms with E-state index < -0.39 is 0 Å². The Morgan fingerprint density at radius 2 is 2.50 bits per heavy atom. The van der Waals surface area contributed by atoms with Crippen molar-refractivity contribution in [2.75, 3.05) is 12.0 Å². The third-order valence-corrected chi connectivity index (χ3v) is 2.97. The molecule has 0 atom stereocenters. The molecule has 1 aromatic heterocycles. The number of hydrogen-bond acceptors (Lipinski definition) is 3. The van der Waals surface area contributed by atoms with Gasteiger partial charge in [0.2, 0.25) is 0 Å². The number of nitrogens with zero attached hydrogens (tertiary/aromatic N) is 2. The first kappa shape index (κ1) is 10.1. The first-order valence-electron chi connectivity index (χ1n) is 5.12. The summed E-state index contributed by atoms with van der Waals surface area (Å²) in [5.41, 5.74) is 1.30. The minimum absolute atomic E-state index is 0.782. The Kier molecular flexibility index (Phi) is 3.48. The summed E-state index contributed by atoms with van der Waals surface area (Å²) in [5, 5.41) is 7.80. The van der Waals surface area contributed by atoms with Gasteiger partial charge in [0.05, 0.1) is 6.20 Å². The van der Waals surface area contributed by atoms with Gasteiger partial charge in [-0.25, -0.2) is 0 Å². The summed E-state index contributed by atoms with van der Waals surface area (Å²) >= 11 is 1.86. The molecule has 0 unspecified atom stereocenters. The van der Waals surface area contributed by atoms with E-state index in [9.17, 15) is 0 Å². The van der Waals surface area contributed by atoms with Gasteiger partial charge in [-0.1, -0.05) is 0 Å². The van der Waals surface area contributed by atoms with E-state index in [0.717, 1.165) is 24.9 Å². The second-order valence-electron chi connectivity index (χ2n) is 3.76. The number of hydrogen-bond donors (Lipinski definition) is 1. The molecule has 1 aliphatic carbocycles. The normalized spacial score (nSPS) is 16.1. The zero-order valence-electron chi connectivity index (χ0n) is 8.57. The maximum Gasteiger partial charge on any atom is 0.0534 e. The minimum atomic E-state index is 0.782. The average molecular weight is 211 g/mol. The van der Waals surface area contributed by atoms with Crippen LogP contribution in [0.15, 0.2) is 12.4 Å². The number of rotatable bonds is 6. The summed E-state index contributed by atoms with van der Waals surface area (Å²) in [6.45, 7) is 1.99. The molecule has 1 saturated carbocycles. The highest BCUT2D eigenvalue weighted by Gasteiger charge is 2.19. The second-order valence-corrected chi connectivity index (χ2v) is 4.75. The molecule has 2 rings (SSSR count). The number of aryl methyl sites for hydroxylation is 1. The number of aromatic nitrogens is 2. The van der Waals surface area contributed by atoms with Crippen LogP contribution in [0.25, 0.3) is 0 Å². The SMILES string of the molecule is CSCCn1cc(CNC2CC2)cn1. The van der Waals surface area contributed by atoms with Crippen molar-refractivity contribution in [3.8, 4) is 0 Å². The fourth-order valence-electron chi connectivity index (χ4n) is 1.35. The molecule has 0 radical (unpaired) electrons. The maximum atomic E-state index is 4.32. The Morgan fingerprint density at radius 3 is 3.21 bits per heavy atom. The standard InChI is InChI=1S/C10H17N3S/c1-14-5-4-13-8-9(7-12-13)6-11-10-2-3-10/h7-8,10-11H,2-6H2,1H3. The molecule has 0 spiro atoms. The molecule has 3 nitrogen and oxygen atoms in total. The molecule has 1 heterocycles. The van der Waals surface area contributed by atoms with E-state index >= 15 is 0 Å². The van der Waals surface area contributed by atoms with Crippen LogP contribution >= 0.6 is 11.8 Å². The summed E-state index contributed by atoms with van der Waals surface area (Å²) in [4.78, 5) is 0. The Morgan fingerprint density at radius 1 is 1.64 bits per heavy atom. The van der Waals surface area contributed by atoms with Gasteiger partial charge in [0, 0.05) is 36.6 Å². The lowest BCUT2D eigenvalue weighted by atomic mass is 10.3. The van der Waals surface area contributed by atoms with E-state index in [1.165, 1.54) is 18.4 Å². The van der Waals surface area contributed by atoms with E-state index in [1.54, 1.807) is 0 Å². The second kappa shape index (κ2) is 4.84. The fraction of sp³-hybridized carbons (Fsp3) is 0.700. The van der Waals surface area contributed by atoms with Crippen molar-refractivity contribution in [3.63, 3.8) is 0 Å². The summed E-state index contributed by atoms with van der Waals surface area (Å²) in [7, 11) is 0. The summed E-state index contributed by atoms with van der Waals surface area (Å²) in [6, 6.07) is 0.782. The topological polar surface area (TPSA) is 29.9 Å². The van der Waals surface area contributed by atoms with Crippen LogP contribution in [0.1, 0.15) is 18.4 Å². The molecule has 0 amide bonds. The Bertz CT molecular complexity index is 281. The van der Waals surface area contributed by atoms with Crippen LogP contribution in [-0.2, 0) is 13.1 Å². The summed E-state index contributed by atoms with van der Waals surface area (Å²) in [5.74, 6) is 1.14. The van der Waals surface area contributed by atoms with Crippen LogP contribution in [0, 0.1) is 0 Å². The van der Waals surface area contributed by atoms with Crippen molar-refractivity contribution < 1.29 is 0 Å². The van der Waals surface area contributed by atoms with E-state index in [4.69, 9.17) is 0 Å². The van der Waals surface area contributed by atoms with Gasteiger partial charge in [0.15, 0.2) is 0 Å².